The summed E-state index contributed by atoms with van der Waals surface area (Å²) >= 11 is 0. The predicted molar refractivity (Wildman–Crippen MR) is 138 cm³/mol. The summed E-state index contributed by atoms with van der Waals surface area (Å²) in [5.41, 5.74) is 12.1. The Labute approximate surface area is 199 Å². The number of rotatable bonds is 6. The van der Waals surface area contributed by atoms with Crippen LogP contribution in [0.1, 0.15) is 61.6 Å². The summed E-state index contributed by atoms with van der Waals surface area (Å²) in [6.45, 7) is 8.23. The molecular weight excluding hydrogens is 429 g/mol. The number of nitrogens with one attached hydrogen (secondary N) is 1. The summed E-state index contributed by atoms with van der Waals surface area (Å²) < 4.78 is 15.8. The molecule has 1 heterocycles. The molecular formula is C28H30FN3O2. The number of fused-ring (bicyclic) bond motifs is 1. The molecule has 0 aliphatic heterocycles. The van der Waals surface area contributed by atoms with Gasteiger partial charge in [-0.3, -0.25) is 0 Å². The van der Waals surface area contributed by atoms with Crippen LogP contribution in [-0.4, -0.2) is 21.9 Å². The van der Waals surface area contributed by atoms with Crippen molar-refractivity contribution >= 4 is 28.8 Å². The van der Waals surface area contributed by atoms with Gasteiger partial charge in [-0.05, 0) is 66.4 Å². The van der Waals surface area contributed by atoms with E-state index in [9.17, 15) is 14.3 Å². The molecule has 4 aromatic rings. The van der Waals surface area contributed by atoms with Gasteiger partial charge in [0.15, 0.2) is 0 Å². The molecule has 34 heavy (non-hydrogen) atoms. The molecule has 0 fully saturated rings. The van der Waals surface area contributed by atoms with E-state index >= 15 is 0 Å². The third-order valence-corrected chi connectivity index (χ3v) is 5.95. The number of carboxylic acids is 1. The minimum atomic E-state index is -0.979. The normalized spacial score (nSPS) is 11.6. The van der Waals surface area contributed by atoms with E-state index < -0.39 is 5.97 Å². The fourth-order valence-corrected chi connectivity index (χ4v) is 4.12. The Balaban J connectivity index is 0.00000158. The van der Waals surface area contributed by atoms with E-state index in [1.165, 1.54) is 18.3 Å². The molecule has 6 heteroatoms. The Bertz CT molecular complexity index is 1320. The van der Waals surface area contributed by atoms with Gasteiger partial charge in [0, 0.05) is 39.8 Å². The molecule has 1 aromatic heterocycles. The van der Waals surface area contributed by atoms with Gasteiger partial charge >= 0.3 is 5.97 Å². The zero-order valence-corrected chi connectivity index (χ0v) is 19.9. The van der Waals surface area contributed by atoms with Crippen molar-refractivity contribution in [3.05, 3.63) is 83.3 Å². The molecule has 4 N–H and O–H groups in total. The zero-order chi connectivity index (χ0) is 25.0. The molecule has 0 bridgehead atoms. The largest absolute Gasteiger partial charge is 0.478 e. The maximum Gasteiger partial charge on any atom is 0.335 e. The number of nitrogen functional groups attached to an aromatic ring is 1. The Hall–Kier alpha value is -3.93. The number of nitrogens with zero attached hydrogens (tertiary/aromatic N) is 1. The van der Waals surface area contributed by atoms with Crippen LogP contribution in [0.15, 0.2) is 60.7 Å². The molecule has 1 unspecified atom stereocenters. The third kappa shape index (κ3) is 4.44. The maximum absolute atomic E-state index is 13.7. The second-order valence-corrected chi connectivity index (χ2v) is 7.91. The van der Waals surface area contributed by atoms with Crippen LogP contribution < -0.4 is 5.73 Å². The van der Waals surface area contributed by atoms with E-state index in [4.69, 9.17) is 11.1 Å². The maximum atomic E-state index is 13.7. The highest BCUT2D eigenvalue weighted by molar-refractivity contribution is 6.04. The standard InChI is InChI=1S/C26H24FN3O2.C2H6/c1-3-15(2)25-24(16-4-6-17(7-5-16)26(31)32)21-13-22(29)18(14-28)12-23(21)30(25)20-10-8-19(27)9-11-20;1-2/h4-15,28H,3,29H2,1-2H3,(H,31,32);1-2H3. The van der Waals surface area contributed by atoms with Crippen LogP contribution in [0.5, 0.6) is 0 Å². The lowest BCUT2D eigenvalue weighted by atomic mass is 9.93. The van der Waals surface area contributed by atoms with Gasteiger partial charge in [-0.15, -0.1) is 0 Å². The molecule has 0 radical (unpaired) electrons. The Morgan fingerprint density at radius 3 is 2.26 bits per heavy atom. The highest BCUT2D eigenvalue weighted by Crippen LogP contribution is 2.42. The Morgan fingerprint density at radius 1 is 1.12 bits per heavy atom. The van der Waals surface area contributed by atoms with Gasteiger partial charge in [0.2, 0.25) is 0 Å². The number of hydrogen-bond donors (Lipinski definition) is 3. The van der Waals surface area contributed by atoms with Crippen LogP contribution in [0, 0.1) is 11.2 Å². The first-order chi connectivity index (χ1) is 16.3. The van der Waals surface area contributed by atoms with Gasteiger partial charge in [-0.2, -0.15) is 0 Å². The summed E-state index contributed by atoms with van der Waals surface area (Å²) in [6.07, 6.45) is 2.09. The van der Waals surface area contributed by atoms with Gasteiger partial charge in [0.1, 0.15) is 5.82 Å². The van der Waals surface area contributed by atoms with Crippen LogP contribution in [0.3, 0.4) is 0 Å². The first-order valence-electron chi connectivity index (χ1n) is 11.4. The molecule has 5 nitrogen and oxygen atoms in total. The second kappa shape index (κ2) is 10.3. The molecule has 0 saturated carbocycles. The quantitative estimate of drug-likeness (QED) is 0.209. The summed E-state index contributed by atoms with van der Waals surface area (Å²) in [7, 11) is 0. The number of aromatic nitrogens is 1. The summed E-state index contributed by atoms with van der Waals surface area (Å²) in [5.74, 6) is -1.15. The average molecular weight is 460 g/mol. The molecule has 4 rings (SSSR count). The van der Waals surface area contributed by atoms with Crippen molar-refractivity contribution in [3.8, 4) is 16.8 Å². The van der Waals surface area contributed by atoms with E-state index in [-0.39, 0.29) is 17.3 Å². The highest BCUT2D eigenvalue weighted by atomic mass is 19.1. The summed E-state index contributed by atoms with van der Waals surface area (Å²) in [5, 5.41) is 17.9. The first kappa shape index (κ1) is 24.7. The van der Waals surface area contributed by atoms with E-state index in [2.05, 4.69) is 18.4 Å². The number of hydrogen-bond acceptors (Lipinski definition) is 3. The SMILES string of the molecule is CC.CCC(C)c1c(-c2ccc(C(=O)O)cc2)c2cc(N)c(C=N)cc2n1-c1ccc(F)cc1. The van der Waals surface area contributed by atoms with Crippen LogP contribution in [0.4, 0.5) is 10.1 Å². The zero-order valence-electron chi connectivity index (χ0n) is 19.9. The van der Waals surface area contributed by atoms with Crippen molar-refractivity contribution in [1.82, 2.24) is 4.57 Å². The van der Waals surface area contributed by atoms with Crippen LogP contribution in [0.25, 0.3) is 27.7 Å². The first-order valence-corrected chi connectivity index (χ1v) is 11.4. The molecule has 0 aliphatic rings. The van der Waals surface area contributed by atoms with E-state index in [1.54, 1.807) is 36.4 Å². The molecule has 1 atom stereocenters. The predicted octanol–water partition coefficient (Wildman–Crippen LogP) is 7.25. The van der Waals surface area contributed by atoms with Crippen molar-refractivity contribution in [1.29, 1.82) is 5.41 Å². The summed E-state index contributed by atoms with van der Waals surface area (Å²) in [4.78, 5) is 11.3. The lowest BCUT2D eigenvalue weighted by Gasteiger charge is -2.18. The van der Waals surface area contributed by atoms with Crippen LogP contribution in [-0.2, 0) is 0 Å². The Morgan fingerprint density at radius 2 is 1.74 bits per heavy atom. The molecule has 0 saturated heterocycles. The number of aromatic carboxylic acids is 1. The number of nitrogens with two attached hydrogens (primary N) is 1. The lowest BCUT2D eigenvalue weighted by molar-refractivity contribution is 0.0697. The minimum Gasteiger partial charge on any atom is -0.478 e. The van der Waals surface area contributed by atoms with E-state index in [0.717, 1.165) is 39.8 Å². The van der Waals surface area contributed by atoms with Crippen molar-refractivity contribution < 1.29 is 14.3 Å². The number of anilines is 1. The number of carbonyl (C=O) groups is 1. The molecule has 0 spiro atoms. The van der Waals surface area contributed by atoms with Crippen molar-refractivity contribution in [2.75, 3.05) is 5.73 Å². The van der Waals surface area contributed by atoms with Gasteiger partial charge in [0.25, 0.3) is 0 Å². The molecule has 0 aliphatic carbocycles. The Kier molecular flexibility index (Phi) is 7.51. The van der Waals surface area contributed by atoms with Crippen molar-refractivity contribution in [2.24, 2.45) is 0 Å². The highest BCUT2D eigenvalue weighted by Gasteiger charge is 2.24. The van der Waals surface area contributed by atoms with Crippen LogP contribution in [0.2, 0.25) is 0 Å². The smallest absolute Gasteiger partial charge is 0.335 e. The fourth-order valence-electron chi connectivity index (χ4n) is 4.12. The fraction of sp³-hybridized carbons (Fsp3) is 0.214. The topological polar surface area (TPSA) is 92.1 Å². The van der Waals surface area contributed by atoms with Gasteiger partial charge in [-0.1, -0.05) is 39.8 Å². The van der Waals surface area contributed by atoms with E-state index in [0.29, 0.717) is 11.3 Å². The second-order valence-electron chi connectivity index (χ2n) is 7.91. The van der Waals surface area contributed by atoms with E-state index in [1.807, 2.05) is 26.0 Å². The average Bonchev–Trinajstić information content (AvgIpc) is 3.18. The molecule has 3 aromatic carbocycles. The molecule has 176 valence electrons. The van der Waals surface area contributed by atoms with Gasteiger partial charge in [0.05, 0.1) is 11.1 Å². The van der Waals surface area contributed by atoms with Gasteiger partial charge in [-0.25, -0.2) is 9.18 Å². The monoisotopic (exact) mass is 459 g/mol. The van der Waals surface area contributed by atoms with Gasteiger partial charge < -0.3 is 20.8 Å². The number of halogens is 1. The van der Waals surface area contributed by atoms with Crippen LogP contribution >= 0.6 is 0 Å². The van der Waals surface area contributed by atoms with Crippen molar-refractivity contribution in [3.63, 3.8) is 0 Å². The minimum absolute atomic E-state index is 0.145. The van der Waals surface area contributed by atoms with Crippen molar-refractivity contribution in [2.45, 2.75) is 40.0 Å². The third-order valence-electron chi connectivity index (χ3n) is 5.95. The lowest BCUT2D eigenvalue weighted by Crippen LogP contribution is -2.05. The summed E-state index contributed by atoms with van der Waals surface area (Å²) in [6, 6.07) is 16.9. The number of benzene rings is 3. The number of carboxylic acid groups (broad SMARTS) is 1. The molecule has 0 amide bonds.